The molecule has 2 rings (SSSR count). The average molecular weight is 434 g/mol. The van der Waals surface area contributed by atoms with Crippen molar-refractivity contribution in [3.63, 3.8) is 0 Å². The molecule has 0 unspecified atom stereocenters. The molecule has 0 atom stereocenters. The fraction of sp³-hybridized carbons (Fsp3) is 0.118. The molecule has 10 heteroatoms. The number of halogens is 1. The third-order valence-electron chi connectivity index (χ3n) is 3.33. The van der Waals surface area contributed by atoms with Crippen LogP contribution < -0.4 is 16.5 Å². The number of nitrogens with one attached hydrogen (secondary N) is 2. The van der Waals surface area contributed by atoms with E-state index in [1.807, 2.05) is 6.07 Å². The number of anilines is 2. The topological polar surface area (TPSA) is 140 Å². The number of nitro groups is 1. The van der Waals surface area contributed by atoms with E-state index in [1.54, 1.807) is 25.1 Å². The molecule has 0 bridgehead atoms. The Morgan fingerprint density at radius 2 is 1.96 bits per heavy atom. The quantitative estimate of drug-likeness (QED) is 0.278. The van der Waals surface area contributed by atoms with Gasteiger partial charge in [-0.3, -0.25) is 19.7 Å². The normalized spacial score (nSPS) is 11.0. The van der Waals surface area contributed by atoms with E-state index in [9.17, 15) is 19.7 Å². The first-order valence-electron chi connectivity index (χ1n) is 7.69. The van der Waals surface area contributed by atoms with Gasteiger partial charge in [0.25, 0.3) is 11.6 Å². The standard InChI is InChI=1S/C17H16BrN5O4/c1-10(6-16(24)20-15-5-3-2-4-14(15)18)21-22-17(25)11-7-12(19)9-13(8-11)23(26)27/h2-5,7-9H,6,19H2,1H3,(H,20,24)(H,22,25)/b21-10+. The number of non-ortho nitro benzene ring substituents is 1. The number of para-hydroxylation sites is 1. The molecule has 4 N–H and O–H groups in total. The third-order valence-corrected chi connectivity index (χ3v) is 4.02. The molecule has 0 saturated carbocycles. The Kier molecular flexibility index (Phi) is 6.61. The smallest absolute Gasteiger partial charge is 0.272 e. The van der Waals surface area contributed by atoms with E-state index in [2.05, 4.69) is 31.8 Å². The molecule has 2 aromatic carbocycles. The largest absolute Gasteiger partial charge is 0.399 e. The lowest BCUT2D eigenvalue weighted by atomic mass is 10.1. The second-order valence-electron chi connectivity index (χ2n) is 5.56. The first-order valence-corrected chi connectivity index (χ1v) is 8.48. The molecule has 0 aromatic heterocycles. The van der Waals surface area contributed by atoms with Crippen molar-refractivity contribution in [3.05, 3.63) is 62.6 Å². The molecule has 2 amide bonds. The number of hydrogen-bond acceptors (Lipinski definition) is 6. The van der Waals surface area contributed by atoms with Gasteiger partial charge >= 0.3 is 0 Å². The molecule has 0 aliphatic rings. The zero-order valence-corrected chi connectivity index (χ0v) is 15.8. The van der Waals surface area contributed by atoms with Crippen LogP contribution in [-0.4, -0.2) is 22.4 Å². The minimum atomic E-state index is -0.670. The highest BCUT2D eigenvalue weighted by atomic mass is 79.9. The highest BCUT2D eigenvalue weighted by Crippen LogP contribution is 2.21. The number of nitrogens with zero attached hydrogens (tertiary/aromatic N) is 2. The van der Waals surface area contributed by atoms with Crippen molar-refractivity contribution in [3.8, 4) is 0 Å². The van der Waals surface area contributed by atoms with Crippen LogP contribution in [0.15, 0.2) is 52.0 Å². The molecule has 0 saturated heterocycles. The number of nitrogen functional groups attached to an aromatic ring is 1. The summed E-state index contributed by atoms with van der Waals surface area (Å²) in [5.74, 6) is -0.979. The van der Waals surface area contributed by atoms with Crippen molar-refractivity contribution < 1.29 is 14.5 Å². The fourth-order valence-electron chi connectivity index (χ4n) is 2.11. The van der Waals surface area contributed by atoms with Crippen molar-refractivity contribution in [1.82, 2.24) is 5.43 Å². The molecule has 140 valence electrons. The lowest BCUT2D eigenvalue weighted by molar-refractivity contribution is -0.384. The second kappa shape index (κ2) is 8.90. The maximum Gasteiger partial charge on any atom is 0.272 e. The average Bonchev–Trinajstić information content (AvgIpc) is 2.61. The summed E-state index contributed by atoms with van der Waals surface area (Å²) in [7, 11) is 0. The summed E-state index contributed by atoms with van der Waals surface area (Å²) in [6, 6.07) is 10.7. The van der Waals surface area contributed by atoms with Crippen LogP contribution in [0.1, 0.15) is 23.7 Å². The zero-order chi connectivity index (χ0) is 20.0. The van der Waals surface area contributed by atoms with E-state index < -0.39 is 10.8 Å². The third kappa shape index (κ3) is 5.89. The monoisotopic (exact) mass is 433 g/mol. The van der Waals surface area contributed by atoms with Gasteiger partial charge in [-0.05, 0) is 41.1 Å². The SMILES string of the molecule is C/C(CC(=O)Nc1ccccc1Br)=N\NC(=O)c1cc(N)cc([N+](=O)[O-])c1. The fourth-order valence-corrected chi connectivity index (χ4v) is 2.49. The predicted molar refractivity (Wildman–Crippen MR) is 105 cm³/mol. The van der Waals surface area contributed by atoms with Crippen LogP contribution in [0, 0.1) is 10.1 Å². The van der Waals surface area contributed by atoms with Gasteiger partial charge in [-0.15, -0.1) is 0 Å². The molecule has 0 radical (unpaired) electrons. The number of hydrazone groups is 1. The molecule has 0 aliphatic heterocycles. The van der Waals surface area contributed by atoms with Crippen molar-refractivity contribution in [1.29, 1.82) is 0 Å². The number of amides is 2. The maximum absolute atomic E-state index is 12.1. The summed E-state index contributed by atoms with van der Waals surface area (Å²) in [6.45, 7) is 1.57. The number of nitro benzene ring substituents is 1. The van der Waals surface area contributed by atoms with Gasteiger partial charge in [0.1, 0.15) is 0 Å². The molecular formula is C17H16BrN5O4. The van der Waals surface area contributed by atoms with Crippen molar-refractivity contribution in [2.45, 2.75) is 13.3 Å². The second-order valence-corrected chi connectivity index (χ2v) is 6.42. The Morgan fingerprint density at radius 3 is 2.63 bits per heavy atom. The molecule has 2 aromatic rings. The number of hydrogen-bond donors (Lipinski definition) is 3. The van der Waals surface area contributed by atoms with Crippen LogP contribution in [0.4, 0.5) is 17.1 Å². The van der Waals surface area contributed by atoms with Gasteiger partial charge in [0.05, 0.1) is 22.6 Å². The van der Waals surface area contributed by atoms with Crippen LogP contribution in [0.3, 0.4) is 0 Å². The highest BCUT2D eigenvalue weighted by Gasteiger charge is 2.14. The van der Waals surface area contributed by atoms with Gasteiger partial charge in [-0.25, -0.2) is 5.43 Å². The summed E-state index contributed by atoms with van der Waals surface area (Å²) in [5.41, 5.74) is 8.57. The lowest BCUT2D eigenvalue weighted by Gasteiger charge is -2.07. The molecule has 0 fully saturated rings. The molecule has 0 spiro atoms. The Morgan fingerprint density at radius 1 is 1.26 bits per heavy atom. The van der Waals surface area contributed by atoms with Crippen molar-refractivity contribution in [2.24, 2.45) is 5.10 Å². The van der Waals surface area contributed by atoms with Gasteiger partial charge in [0, 0.05) is 28.0 Å². The summed E-state index contributed by atoms with van der Waals surface area (Å²) in [4.78, 5) is 34.3. The lowest BCUT2D eigenvalue weighted by Crippen LogP contribution is -2.21. The Bertz CT molecular complexity index is 929. The molecule has 27 heavy (non-hydrogen) atoms. The zero-order valence-electron chi connectivity index (χ0n) is 14.2. The molecule has 0 aliphatic carbocycles. The molecule has 0 heterocycles. The number of carbonyl (C=O) groups excluding carboxylic acids is 2. The number of carbonyl (C=O) groups is 2. The van der Waals surface area contributed by atoms with Crippen LogP contribution in [-0.2, 0) is 4.79 Å². The van der Waals surface area contributed by atoms with E-state index in [1.165, 1.54) is 6.07 Å². The minimum absolute atomic E-state index is 0.00378. The number of nitrogens with two attached hydrogens (primary N) is 1. The predicted octanol–water partition coefficient (Wildman–Crippen LogP) is 3.07. The summed E-state index contributed by atoms with van der Waals surface area (Å²) < 4.78 is 0.740. The van der Waals surface area contributed by atoms with Crippen LogP contribution in [0.2, 0.25) is 0 Å². The van der Waals surface area contributed by atoms with E-state index >= 15 is 0 Å². The van der Waals surface area contributed by atoms with Gasteiger partial charge in [-0.1, -0.05) is 12.1 Å². The van der Waals surface area contributed by atoms with Gasteiger partial charge in [-0.2, -0.15) is 5.10 Å². The van der Waals surface area contributed by atoms with Gasteiger partial charge < -0.3 is 11.1 Å². The first kappa shape index (κ1) is 20.0. The summed E-state index contributed by atoms with van der Waals surface area (Å²) in [5, 5.41) is 17.4. The van der Waals surface area contributed by atoms with Crippen molar-refractivity contribution >= 4 is 50.5 Å². The number of benzene rings is 2. The van der Waals surface area contributed by atoms with E-state index in [4.69, 9.17) is 5.73 Å². The minimum Gasteiger partial charge on any atom is -0.399 e. The Labute approximate surface area is 162 Å². The van der Waals surface area contributed by atoms with E-state index in [-0.39, 0.29) is 29.3 Å². The Hall–Kier alpha value is -3.27. The molecule has 9 nitrogen and oxygen atoms in total. The molecular weight excluding hydrogens is 418 g/mol. The van der Waals surface area contributed by atoms with Crippen LogP contribution in [0.5, 0.6) is 0 Å². The van der Waals surface area contributed by atoms with E-state index in [0.717, 1.165) is 16.6 Å². The first-order chi connectivity index (χ1) is 12.8. The highest BCUT2D eigenvalue weighted by molar-refractivity contribution is 9.10. The van der Waals surface area contributed by atoms with Crippen LogP contribution in [0.25, 0.3) is 0 Å². The van der Waals surface area contributed by atoms with E-state index in [0.29, 0.717) is 11.4 Å². The van der Waals surface area contributed by atoms with Crippen molar-refractivity contribution in [2.75, 3.05) is 11.1 Å². The van der Waals surface area contributed by atoms with Gasteiger partial charge in [0.2, 0.25) is 5.91 Å². The summed E-state index contributed by atoms with van der Waals surface area (Å²) >= 11 is 3.33. The number of rotatable bonds is 6. The maximum atomic E-state index is 12.1. The Balaban J connectivity index is 1.98. The summed E-state index contributed by atoms with van der Waals surface area (Å²) in [6.07, 6.45) is -0.0430. The van der Waals surface area contributed by atoms with Crippen LogP contribution >= 0.6 is 15.9 Å². The van der Waals surface area contributed by atoms with Gasteiger partial charge in [0.15, 0.2) is 0 Å².